The van der Waals surface area contributed by atoms with Crippen LogP contribution in [0.25, 0.3) is 0 Å². The maximum atomic E-state index is 10.9. The number of rotatable bonds is 4. The van der Waals surface area contributed by atoms with Crippen LogP contribution >= 0.6 is 0 Å². The van der Waals surface area contributed by atoms with Gasteiger partial charge in [-0.15, -0.1) is 0 Å². The van der Waals surface area contributed by atoms with Gasteiger partial charge in [0.1, 0.15) is 0 Å². The summed E-state index contributed by atoms with van der Waals surface area (Å²) in [5.74, 6) is 0. The Hall–Kier alpha value is -1.16. The third-order valence-electron chi connectivity index (χ3n) is 2.98. The van der Waals surface area contributed by atoms with Gasteiger partial charge in [-0.1, -0.05) is 0 Å². The van der Waals surface area contributed by atoms with Crippen molar-refractivity contribution < 1.29 is 0 Å². The highest BCUT2D eigenvalue weighted by Gasteiger charge is 2.12. The van der Waals surface area contributed by atoms with Gasteiger partial charge < -0.3 is 9.88 Å². The minimum absolute atomic E-state index is 0.251. The second-order valence-corrected chi connectivity index (χ2v) is 4.14. The van der Waals surface area contributed by atoms with Crippen molar-refractivity contribution in [3.63, 3.8) is 0 Å². The molecule has 1 fully saturated rings. The summed E-state index contributed by atoms with van der Waals surface area (Å²) in [6, 6.07) is 0. The molecule has 0 atom stereocenters. The van der Waals surface area contributed by atoms with Gasteiger partial charge in [0.15, 0.2) is 0 Å². The first kappa shape index (κ1) is 10.4. The minimum Gasteiger partial charge on any atom is -0.310 e. The molecule has 0 amide bonds. The Morgan fingerprint density at radius 1 is 1.53 bits per heavy atom. The van der Waals surface area contributed by atoms with Gasteiger partial charge in [0.25, 0.3) is 0 Å². The zero-order valence-electron chi connectivity index (χ0n) is 9.12. The minimum atomic E-state index is -0.251. The van der Waals surface area contributed by atoms with E-state index in [1.807, 2.05) is 6.92 Å². The molecule has 0 bridgehead atoms. The van der Waals surface area contributed by atoms with Crippen LogP contribution in [-0.4, -0.2) is 34.5 Å². The Balaban J connectivity index is 1.84. The predicted octanol–water partition coefficient (Wildman–Crippen LogP) is 0.717. The number of nitrogens with zero attached hydrogens (tertiary/aromatic N) is 2. The van der Waals surface area contributed by atoms with Crippen LogP contribution in [-0.2, 0) is 6.42 Å². The molecule has 82 valence electrons. The van der Waals surface area contributed by atoms with Crippen molar-refractivity contribution in [1.82, 2.24) is 14.9 Å². The van der Waals surface area contributed by atoms with E-state index in [-0.39, 0.29) is 5.69 Å². The van der Waals surface area contributed by atoms with Crippen LogP contribution in [0.1, 0.15) is 24.1 Å². The molecule has 0 saturated carbocycles. The summed E-state index contributed by atoms with van der Waals surface area (Å²) in [6.07, 6.45) is 5.20. The number of aryl methyl sites for hydroxylation is 2. The lowest BCUT2D eigenvalue weighted by atomic mass is 10.1. The van der Waals surface area contributed by atoms with Crippen LogP contribution in [0, 0.1) is 6.92 Å². The van der Waals surface area contributed by atoms with Gasteiger partial charge in [-0.3, -0.25) is 0 Å². The SMILES string of the molecule is Cc1[nH]c(=O)ncc1CCCN1CCC1. The van der Waals surface area contributed by atoms with Crippen LogP contribution in [0.3, 0.4) is 0 Å². The molecule has 4 heteroatoms. The van der Waals surface area contributed by atoms with Crippen LogP contribution < -0.4 is 5.69 Å². The van der Waals surface area contributed by atoms with Crippen molar-refractivity contribution in [3.8, 4) is 0 Å². The molecule has 1 N–H and O–H groups in total. The van der Waals surface area contributed by atoms with Gasteiger partial charge in [0.05, 0.1) is 0 Å². The summed E-state index contributed by atoms with van der Waals surface area (Å²) in [4.78, 5) is 19.8. The van der Waals surface area contributed by atoms with E-state index in [1.165, 1.54) is 26.1 Å². The summed E-state index contributed by atoms with van der Waals surface area (Å²) in [5.41, 5.74) is 1.87. The van der Waals surface area contributed by atoms with Crippen LogP contribution in [0.15, 0.2) is 11.0 Å². The number of H-pyrrole nitrogens is 1. The van der Waals surface area contributed by atoms with E-state index in [4.69, 9.17) is 0 Å². The standard InChI is InChI=1S/C11H17N3O/c1-9-10(8-12-11(15)13-9)4-2-5-14-6-3-7-14/h8H,2-7H2,1H3,(H,12,13,15). The number of hydrogen-bond acceptors (Lipinski definition) is 3. The average Bonchev–Trinajstić information content (AvgIpc) is 2.12. The molecule has 0 spiro atoms. The van der Waals surface area contributed by atoms with Gasteiger partial charge in [-0.2, -0.15) is 0 Å². The molecule has 4 nitrogen and oxygen atoms in total. The van der Waals surface area contributed by atoms with Gasteiger partial charge in [-0.25, -0.2) is 9.78 Å². The maximum absolute atomic E-state index is 10.9. The highest BCUT2D eigenvalue weighted by atomic mass is 16.1. The summed E-state index contributed by atoms with van der Waals surface area (Å²) in [5, 5.41) is 0. The van der Waals surface area contributed by atoms with Crippen molar-refractivity contribution >= 4 is 0 Å². The van der Waals surface area contributed by atoms with E-state index < -0.39 is 0 Å². The first-order chi connectivity index (χ1) is 7.25. The average molecular weight is 207 g/mol. The van der Waals surface area contributed by atoms with Crippen LogP contribution in [0.2, 0.25) is 0 Å². The molecule has 15 heavy (non-hydrogen) atoms. The molecule has 1 aliphatic heterocycles. The number of hydrogen-bond donors (Lipinski definition) is 1. The quantitative estimate of drug-likeness (QED) is 0.791. The first-order valence-electron chi connectivity index (χ1n) is 5.53. The maximum Gasteiger partial charge on any atom is 0.345 e. The van der Waals surface area contributed by atoms with Gasteiger partial charge in [-0.05, 0) is 51.4 Å². The molecule has 2 rings (SSSR count). The van der Waals surface area contributed by atoms with E-state index in [0.29, 0.717) is 0 Å². The largest absolute Gasteiger partial charge is 0.345 e. The van der Waals surface area contributed by atoms with E-state index in [9.17, 15) is 4.79 Å². The Labute approximate surface area is 89.3 Å². The van der Waals surface area contributed by atoms with E-state index >= 15 is 0 Å². The molecule has 0 aromatic carbocycles. The number of likely N-dealkylation sites (tertiary alicyclic amines) is 1. The second kappa shape index (κ2) is 4.57. The molecule has 1 aliphatic rings. The number of aromatic nitrogens is 2. The van der Waals surface area contributed by atoms with Crippen molar-refractivity contribution in [1.29, 1.82) is 0 Å². The number of aromatic amines is 1. The van der Waals surface area contributed by atoms with E-state index in [0.717, 1.165) is 24.1 Å². The molecule has 2 heterocycles. The van der Waals surface area contributed by atoms with Crippen LogP contribution in [0.4, 0.5) is 0 Å². The third kappa shape index (κ3) is 2.65. The molecule has 1 aromatic heterocycles. The normalized spacial score (nSPS) is 16.3. The molecule has 0 aliphatic carbocycles. The summed E-state index contributed by atoms with van der Waals surface area (Å²) in [7, 11) is 0. The fourth-order valence-corrected chi connectivity index (χ4v) is 1.86. The molecular weight excluding hydrogens is 190 g/mol. The lowest BCUT2D eigenvalue weighted by molar-refractivity contribution is 0.179. The Morgan fingerprint density at radius 3 is 2.93 bits per heavy atom. The first-order valence-corrected chi connectivity index (χ1v) is 5.53. The fourth-order valence-electron chi connectivity index (χ4n) is 1.86. The van der Waals surface area contributed by atoms with Gasteiger partial charge in [0.2, 0.25) is 0 Å². The third-order valence-corrected chi connectivity index (χ3v) is 2.98. The molecule has 0 unspecified atom stereocenters. The summed E-state index contributed by atoms with van der Waals surface area (Å²) < 4.78 is 0. The zero-order valence-corrected chi connectivity index (χ0v) is 9.12. The van der Waals surface area contributed by atoms with Crippen molar-refractivity contribution in [3.05, 3.63) is 27.9 Å². The summed E-state index contributed by atoms with van der Waals surface area (Å²) in [6.45, 7) is 5.60. The molecular formula is C11H17N3O. The highest BCUT2D eigenvalue weighted by Crippen LogP contribution is 2.09. The van der Waals surface area contributed by atoms with Crippen LogP contribution in [0.5, 0.6) is 0 Å². The van der Waals surface area contributed by atoms with Gasteiger partial charge >= 0.3 is 5.69 Å². The monoisotopic (exact) mass is 207 g/mol. The Kier molecular flexibility index (Phi) is 3.16. The lowest BCUT2D eigenvalue weighted by Gasteiger charge is -2.30. The predicted molar refractivity (Wildman–Crippen MR) is 59.0 cm³/mol. The van der Waals surface area contributed by atoms with Gasteiger partial charge in [0, 0.05) is 11.9 Å². The zero-order chi connectivity index (χ0) is 10.7. The molecule has 0 radical (unpaired) electrons. The molecule has 1 aromatic rings. The summed E-state index contributed by atoms with van der Waals surface area (Å²) >= 11 is 0. The topological polar surface area (TPSA) is 49.0 Å². The molecule has 1 saturated heterocycles. The number of nitrogens with one attached hydrogen (secondary N) is 1. The lowest BCUT2D eigenvalue weighted by Crippen LogP contribution is -2.37. The highest BCUT2D eigenvalue weighted by molar-refractivity contribution is 5.14. The van der Waals surface area contributed by atoms with Crippen molar-refractivity contribution in [2.24, 2.45) is 0 Å². The van der Waals surface area contributed by atoms with Crippen molar-refractivity contribution in [2.75, 3.05) is 19.6 Å². The van der Waals surface area contributed by atoms with E-state index in [1.54, 1.807) is 6.20 Å². The Bertz CT molecular complexity index is 382. The smallest absolute Gasteiger partial charge is 0.310 e. The Morgan fingerprint density at radius 2 is 2.33 bits per heavy atom. The van der Waals surface area contributed by atoms with E-state index in [2.05, 4.69) is 14.9 Å². The fraction of sp³-hybridized carbons (Fsp3) is 0.636. The second-order valence-electron chi connectivity index (χ2n) is 4.14. The van der Waals surface area contributed by atoms with Crippen molar-refractivity contribution in [2.45, 2.75) is 26.2 Å².